The average Bonchev–Trinajstić information content (AvgIpc) is 2.62. The monoisotopic (exact) mass is 155 g/mol. The minimum absolute atomic E-state index is 0.678. The van der Waals surface area contributed by atoms with E-state index in [0.717, 1.165) is 24.7 Å². The molecule has 0 spiro atoms. The predicted molar refractivity (Wildman–Crippen MR) is 45.4 cm³/mol. The number of carbonyl (C=O) groups excluding carboxylic acids is 1. The molecule has 0 amide bonds. The molecule has 1 aliphatic carbocycles. The fourth-order valence-electron chi connectivity index (χ4n) is 1.42. The van der Waals surface area contributed by atoms with Gasteiger partial charge in [0.05, 0.1) is 0 Å². The number of rotatable bonds is 5. The van der Waals surface area contributed by atoms with Crippen molar-refractivity contribution in [2.75, 3.05) is 20.1 Å². The van der Waals surface area contributed by atoms with Crippen LogP contribution in [0.25, 0.3) is 0 Å². The van der Waals surface area contributed by atoms with Crippen LogP contribution in [0.15, 0.2) is 0 Å². The normalized spacial score (nSPS) is 29.0. The van der Waals surface area contributed by atoms with E-state index >= 15 is 0 Å². The molecule has 1 rings (SSSR count). The summed E-state index contributed by atoms with van der Waals surface area (Å²) in [5, 5.41) is 0. The Morgan fingerprint density at radius 1 is 1.64 bits per heavy atom. The van der Waals surface area contributed by atoms with Crippen molar-refractivity contribution in [1.82, 2.24) is 4.90 Å². The Bertz CT molecular complexity index is 136. The van der Waals surface area contributed by atoms with E-state index in [2.05, 4.69) is 18.9 Å². The first kappa shape index (κ1) is 8.72. The molecule has 1 fully saturated rings. The zero-order valence-electron chi connectivity index (χ0n) is 7.42. The highest BCUT2D eigenvalue weighted by atomic mass is 16.1. The van der Waals surface area contributed by atoms with Crippen molar-refractivity contribution in [2.45, 2.75) is 19.8 Å². The van der Waals surface area contributed by atoms with Crippen LogP contribution in [0.4, 0.5) is 0 Å². The lowest BCUT2D eigenvalue weighted by Gasteiger charge is -2.13. The third-order valence-corrected chi connectivity index (χ3v) is 2.45. The molecule has 0 bridgehead atoms. The Hall–Kier alpha value is -0.370. The molecule has 2 nitrogen and oxygen atoms in total. The van der Waals surface area contributed by atoms with Crippen LogP contribution in [0.3, 0.4) is 0 Å². The van der Waals surface area contributed by atoms with Crippen LogP contribution in [-0.2, 0) is 4.79 Å². The van der Waals surface area contributed by atoms with Crippen molar-refractivity contribution >= 4 is 6.29 Å². The third-order valence-electron chi connectivity index (χ3n) is 2.45. The summed E-state index contributed by atoms with van der Waals surface area (Å²) in [4.78, 5) is 12.3. The van der Waals surface area contributed by atoms with Gasteiger partial charge >= 0.3 is 0 Å². The molecule has 11 heavy (non-hydrogen) atoms. The summed E-state index contributed by atoms with van der Waals surface area (Å²) >= 11 is 0. The number of aldehydes is 1. The maximum atomic E-state index is 10.0. The van der Waals surface area contributed by atoms with Crippen LogP contribution in [-0.4, -0.2) is 31.3 Å². The van der Waals surface area contributed by atoms with Crippen molar-refractivity contribution in [1.29, 1.82) is 0 Å². The first-order chi connectivity index (χ1) is 5.24. The van der Waals surface area contributed by atoms with Gasteiger partial charge in [0.25, 0.3) is 0 Å². The molecule has 2 unspecified atom stereocenters. The predicted octanol–water partition coefficient (Wildman–Crippen LogP) is 1.16. The minimum Gasteiger partial charge on any atom is -0.306 e. The van der Waals surface area contributed by atoms with E-state index < -0.39 is 0 Å². The summed E-state index contributed by atoms with van der Waals surface area (Å²) < 4.78 is 0. The topological polar surface area (TPSA) is 20.3 Å². The van der Waals surface area contributed by atoms with Gasteiger partial charge in [-0.2, -0.15) is 0 Å². The zero-order chi connectivity index (χ0) is 8.27. The first-order valence-corrected chi connectivity index (χ1v) is 4.36. The molecule has 0 aromatic rings. The van der Waals surface area contributed by atoms with Crippen molar-refractivity contribution in [3.05, 3.63) is 0 Å². The maximum absolute atomic E-state index is 10.0. The summed E-state index contributed by atoms with van der Waals surface area (Å²) in [7, 11) is 2.09. The maximum Gasteiger partial charge on any atom is 0.121 e. The molecular formula is C9H17NO. The molecule has 0 N–H and O–H groups in total. The number of hydrogen-bond donors (Lipinski definition) is 0. The molecule has 64 valence electrons. The van der Waals surface area contributed by atoms with E-state index in [4.69, 9.17) is 0 Å². The molecular weight excluding hydrogens is 138 g/mol. The van der Waals surface area contributed by atoms with Crippen LogP contribution in [0.1, 0.15) is 19.8 Å². The van der Waals surface area contributed by atoms with E-state index in [-0.39, 0.29) is 0 Å². The Kier molecular flexibility index (Phi) is 3.06. The summed E-state index contributed by atoms with van der Waals surface area (Å²) in [6, 6.07) is 0. The number of nitrogens with zero attached hydrogens (tertiary/aromatic N) is 1. The molecule has 2 atom stereocenters. The smallest absolute Gasteiger partial charge is 0.121 e. The average molecular weight is 155 g/mol. The summed E-state index contributed by atoms with van der Waals surface area (Å²) in [5.74, 6) is 1.83. The van der Waals surface area contributed by atoms with Crippen LogP contribution in [0, 0.1) is 11.8 Å². The first-order valence-electron chi connectivity index (χ1n) is 4.36. The Balaban J connectivity index is 2.01. The second kappa shape index (κ2) is 3.86. The van der Waals surface area contributed by atoms with Crippen LogP contribution in [0.5, 0.6) is 0 Å². The zero-order valence-corrected chi connectivity index (χ0v) is 7.42. The van der Waals surface area contributed by atoms with E-state index in [1.165, 1.54) is 13.0 Å². The van der Waals surface area contributed by atoms with Crippen molar-refractivity contribution < 1.29 is 4.79 Å². The van der Waals surface area contributed by atoms with Gasteiger partial charge in [-0.05, 0) is 25.3 Å². The van der Waals surface area contributed by atoms with Crippen molar-refractivity contribution in [3.8, 4) is 0 Å². The van der Waals surface area contributed by atoms with E-state index in [1.54, 1.807) is 0 Å². The molecule has 0 heterocycles. The Morgan fingerprint density at radius 2 is 2.27 bits per heavy atom. The number of hydrogen-bond acceptors (Lipinski definition) is 2. The summed E-state index contributed by atoms with van der Waals surface area (Å²) in [5.41, 5.74) is 0. The second-order valence-electron chi connectivity index (χ2n) is 3.69. The van der Waals surface area contributed by atoms with Gasteiger partial charge in [0.1, 0.15) is 6.29 Å². The molecule has 0 aromatic heterocycles. The van der Waals surface area contributed by atoms with E-state index in [9.17, 15) is 4.79 Å². The standard InChI is InChI=1S/C9H17NO/c1-8-6-9(8)7-10(2)4-3-5-11/h5,8-9H,3-4,6-7H2,1-2H3. The SMILES string of the molecule is CC1CC1CN(C)CCC=O. The molecule has 0 radical (unpaired) electrons. The fourth-order valence-corrected chi connectivity index (χ4v) is 1.42. The van der Waals surface area contributed by atoms with Crippen LogP contribution >= 0.6 is 0 Å². The van der Waals surface area contributed by atoms with E-state index in [1.807, 2.05) is 0 Å². The highest BCUT2D eigenvalue weighted by Crippen LogP contribution is 2.37. The lowest BCUT2D eigenvalue weighted by Crippen LogP contribution is -2.22. The van der Waals surface area contributed by atoms with Crippen molar-refractivity contribution in [2.24, 2.45) is 11.8 Å². The molecule has 0 aliphatic heterocycles. The minimum atomic E-state index is 0.678. The van der Waals surface area contributed by atoms with Crippen molar-refractivity contribution in [3.63, 3.8) is 0 Å². The Morgan fingerprint density at radius 3 is 2.73 bits per heavy atom. The van der Waals surface area contributed by atoms with Gasteiger partial charge in [-0.1, -0.05) is 6.92 Å². The van der Waals surface area contributed by atoms with Crippen LogP contribution in [0.2, 0.25) is 0 Å². The molecule has 0 aromatic carbocycles. The summed E-state index contributed by atoms with van der Waals surface area (Å²) in [6.07, 6.45) is 3.05. The third kappa shape index (κ3) is 3.02. The van der Waals surface area contributed by atoms with Crippen LogP contribution < -0.4 is 0 Å². The Labute approximate surface area is 68.6 Å². The van der Waals surface area contributed by atoms with Gasteiger partial charge in [0.15, 0.2) is 0 Å². The quantitative estimate of drug-likeness (QED) is 0.555. The highest BCUT2D eigenvalue weighted by Gasteiger charge is 2.32. The summed E-state index contributed by atoms with van der Waals surface area (Å²) in [6.45, 7) is 4.39. The molecule has 1 saturated carbocycles. The van der Waals surface area contributed by atoms with Gasteiger partial charge in [0.2, 0.25) is 0 Å². The van der Waals surface area contributed by atoms with Gasteiger partial charge in [-0.15, -0.1) is 0 Å². The molecule has 0 saturated heterocycles. The van der Waals surface area contributed by atoms with Gasteiger partial charge < -0.3 is 9.69 Å². The largest absolute Gasteiger partial charge is 0.306 e. The lowest BCUT2D eigenvalue weighted by atomic mass is 10.3. The second-order valence-corrected chi connectivity index (χ2v) is 3.69. The van der Waals surface area contributed by atoms with Gasteiger partial charge in [0, 0.05) is 19.5 Å². The van der Waals surface area contributed by atoms with E-state index in [0.29, 0.717) is 6.42 Å². The lowest BCUT2D eigenvalue weighted by molar-refractivity contribution is -0.108. The highest BCUT2D eigenvalue weighted by molar-refractivity contribution is 5.49. The van der Waals surface area contributed by atoms with Gasteiger partial charge in [-0.3, -0.25) is 0 Å². The molecule has 1 aliphatic rings. The molecule has 2 heteroatoms. The fraction of sp³-hybridized carbons (Fsp3) is 0.889. The van der Waals surface area contributed by atoms with Gasteiger partial charge in [-0.25, -0.2) is 0 Å². The number of carbonyl (C=O) groups is 1.